The number of nitrogens with one attached hydrogen (secondary N) is 2. The average Bonchev–Trinajstić information content (AvgIpc) is 2.99. The maximum Gasteiger partial charge on any atom is 0.243 e. The van der Waals surface area contributed by atoms with E-state index in [9.17, 15) is 0 Å². The first-order valence-corrected chi connectivity index (χ1v) is 6.31. The molecule has 0 radical (unpaired) electrons. The quantitative estimate of drug-likeness (QED) is 0.409. The van der Waals surface area contributed by atoms with Gasteiger partial charge in [0.25, 0.3) is 0 Å². The Labute approximate surface area is 116 Å². The smallest absolute Gasteiger partial charge is 0.243 e. The van der Waals surface area contributed by atoms with Crippen molar-refractivity contribution in [2.45, 2.75) is 25.8 Å². The second-order valence-electron chi connectivity index (χ2n) is 4.31. The highest BCUT2D eigenvalue weighted by Crippen LogP contribution is 2.10. The van der Waals surface area contributed by atoms with Crippen LogP contribution in [0.25, 0.3) is 5.95 Å². The summed E-state index contributed by atoms with van der Waals surface area (Å²) in [5, 5.41) is 12.0. The number of aromatic nitrogens is 5. The van der Waals surface area contributed by atoms with Gasteiger partial charge in [-0.25, -0.2) is 10.8 Å². The van der Waals surface area contributed by atoms with E-state index in [0.29, 0.717) is 11.9 Å². The molecule has 1 atom stereocenters. The lowest BCUT2D eigenvalue weighted by molar-refractivity contribution is 0.282. The summed E-state index contributed by atoms with van der Waals surface area (Å²) in [4.78, 5) is 16.5. The number of anilines is 2. The molecule has 0 amide bonds. The van der Waals surface area contributed by atoms with Crippen LogP contribution in [0.4, 0.5) is 11.9 Å². The van der Waals surface area contributed by atoms with Crippen molar-refractivity contribution in [3.8, 4) is 5.95 Å². The van der Waals surface area contributed by atoms with Crippen LogP contribution in [0.3, 0.4) is 0 Å². The summed E-state index contributed by atoms with van der Waals surface area (Å²) >= 11 is 0. The van der Waals surface area contributed by atoms with E-state index >= 15 is 0 Å². The molecule has 2 aromatic heterocycles. The molecule has 0 aliphatic rings. The van der Waals surface area contributed by atoms with E-state index in [4.69, 9.17) is 10.9 Å². The third-order valence-electron chi connectivity index (χ3n) is 2.66. The predicted octanol–water partition coefficient (Wildman–Crippen LogP) is -0.0842. The number of hydrogen-bond acceptors (Lipinski definition) is 8. The zero-order valence-electron chi connectivity index (χ0n) is 11.2. The number of rotatable bonds is 7. The molecular formula is C11H18N8O. The number of hydrazine groups is 1. The summed E-state index contributed by atoms with van der Waals surface area (Å²) in [7, 11) is 0. The molecule has 20 heavy (non-hydrogen) atoms. The van der Waals surface area contributed by atoms with Crippen LogP contribution in [-0.4, -0.2) is 42.3 Å². The Morgan fingerprint density at radius 1 is 1.35 bits per heavy atom. The molecule has 0 saturated heterocycles. The fourth-order valence-corrected chi connectivity index (χ4v) is 1.68. The minimum absolute atomic E-state index is 0.130. The van der Waals surface area contributed by atoms with Gasteiger partial charge < -0.3 is 10.4 Å². The van der Waals surface area contributed by atoms with Gasteiger partial charge in [0.15, 0.2) is 0 Å². The molecule has 2 aromatic rings. The highest BCUT2D eigenvalue weighted by molar-refractivity contribution is 5.37. The summed E-state index contributed by atoms with van der Waals surface area (Å²) < 4.78 is 1.66. The number of nitrogens with two attached hydrogens (primary N) is 1. The molecule has 0 saturated carbocycles. The Bertz CT molecular complexity index is 529. The molecule has 0 aromatic carbocycles. The van der Waals surface area contributed by atoms with Gasteiger partial charge in [-0.05, 0) is 19.8 Å². The van der Waals surface area contributed by atoms with Crippen molar-refractivity contribution in [2.24, 2.45) is 5.84 Å². The second kappa shape index (κ2) is 6.78. The first kappa shape index (κ1) is 14.2. The largest absolute Gasteiger partial charge is 0.396 e. The summed E-state index contributed by atoms with van der Waals surface area (Å²) in [5.74, 6) is 6.47. The zero-order chi connectivity index (χ0) is 14.4. The van der Waals surface area contributed by atoms with Crippen LogP contribution in [0.2, 0.25) is 0 Å². The monoisotopic (exact) mass is 278 g/mol. The van der Waals surface area contributed by atoms with E-state index in [1.54, 1.807) is 23.3 Å². The summed E-state index contributed by atoms with van der Waals surface area (Å²) in [6, 6.07) is 0.130. The molecule has 1 unspecified atom stereocenters. The van der Waals surface area contributed by atoms with Crippen LogP contribution in [-0.2, 0) is 0 Å². The third kappa shape index (κ3) is 3.62. The highest BCUT2D eigenvalue weighted by atomic mass is 16.2. The van der Waals surface area contributed by atoms with Gasteiger partial charge in [0.1, 0.15) is 6.33 Å². The molecule has 9 nitrogen and oxygen atoms in total. The molecule has 5 N–H and O–H groups in total. The van der Waals surface area contributed by atoms with Gasteiger partial charge in [0.05, 0.1) is 0 Å². The van der Waals surface area contributed by atoms with E-state index in [2.05, 4.69) is 30.7 Å². The van der Waals surface area contributed by atoms with Gasteiger partial charge in [-0.2, -0.15) is 15.0 Å². The van der Waals surface area contributed by atoms with Gasteiger partial charge in [0.2, 0.25) is 17.8 Å². The van der Waals surface area contributed by atoms with Crippen LogP contribution in [0.5, 0.6) is 0 Å². The van der Waals surface area contributed by atoms with E-state index in [1.807, 2.05) is 6.92 Å². The predicted molar refractivity (Wildman–Crippen MR) is 74.2 cm³/mol. The molecule has 0 aliphatic heterocycles. The van der Waals surface area contributed by atoms with Gasteiger partial charge in [-0.15, -0.1) is 0 Å². The van der Waals surface area contributed by atoms with Crippen LogP contribution in [0.15, 0.2) is 18.7 Å². The third-order valence-corrected chi connectivity index (χ3v) is 2.66. The molecule has 2 rings (SSSR count). The number of hydrogen-bond donors (Lipinski definition) is 4. The lowest BCUT2D eigenvalue weighted by atomic mass is 10.2. The van der Waals surface area contributed by atoms with Crippen LogP contribution < -0.4 is 16.6 Å². The number of aliphatic hydroxyl groups is 1. The molecule has 0 fully saturated rings. The SMILES string of the molecule is CC(CCCO)Nc1nc(NN)nc(-n2ccnc2)n1. The van der Waals surface area contributed by atoms with Gasteiger partial charge >= 0.3 is 0 Å². The number of nitrogen functional groups attached to an aromatic ring is 1. The summed E-state index contributed by atoms with van der Waals surface area (Å²) in [6.45, 7) is 2.16. The van der Waals surface area contributed by atoms with Gasteiger partial charge in [-0.3, -0.25) is 9.99 Å². The summed E-state index contributed by atoms with van der Waals surface area (Å²) in [6.07, 6.45) is 6.49. The van der Waals surface area contributed by atoms with Crippen molar-refractivity contribution < 1.29 is 5.11 Å². The van der Waals surface area contributed by atoms with Crippen molar-refractivity contribution in [1.29, 1.82) is 0 Å². The van der Waals surface area contributed by atoms with Crippen molar-refractivity contribution >= 4 is 11.9 Å². The van der Waals surface area contributed by atoms with Gasteiger partial charge in [-0.1, -0.05) is 0 Å². The first-order chi connectivity index (χ1) is 9.72. The minimum Gasteiger partial charge on any atom is -0.396 e. The molecule has 108 valence electrons. The van der Waals surface area contributed by atoms with Crippen LogP contribution >= 0.6 is 0 Å². The fourth-order valence-electron chi connectivity index (χ4n) is 1.68. The van der Waals surface area contributed by atoms with Crippen LogP contribution in [0, 0.1) is 0 Å². The molecular weight excluding hydrogens is 260 g/mol. The van der Waals surface area contributed by atoms with Crippen LogP contribution in [0.1, 0.15) is 19.8 Å². The maximum atomic E-state index is 8.83. The van der Waals surface area contributed by atoms with Crippen molar-refractivity contribution in [3.05, 3.63) is 18.7 Å². The van der Waals surface area contributed by atoms with Crippen molar-refractivity contribution in [2.75, 3.05) is 17.3 Å². The van der Waals surface area contributed by atoms with Crippen molar-refractivity contribution in [1.82, 2.24) is 24.5 Å². The highest BCUT2D eigenvalue weighted by Gasteiger charge is 2.09. The lowest BCUT2D eigenvalue weighted by Crippen LogP contribution is -2.20. The number of nitrogens with zero attached hydrogens (tertiary/aromatic N) is 5. The topological polar surface area (TPSA) is 127 Å². The van der Waals surface area contributed by atoms with E-state index in [-0.39, 0.29) is 18.6 Å². The Kier molecular flexibility index (Phi) is 4.80. The van der Waals surface area contributed by atoms with Crippen molar-refractivity contribution in [3.63, 3.8) is 0 Å². The Hall–Kier alpha value is -2.26. The molecule has 9 heteroatoms. The Morgan fingerprint density at radius 2 is 2.15 bits per heavy atom. The zero-order valence-corrected chi connectivity index (χ0v) is 11.2. The van der Waals surface area contributed by atoms with E-state index in [1.165, 1.54) is 0 Å². The Balaban J connectivity index is 2.18. The number of aliphatic hydroxyl groups excluding tert-OH is 1. The molecule has 0 spiro atoms. The minimum atomic E-state index is 0.130. The normalized spacial score (nSPS) is 12.2. The molecule has 0 aliphatic carbocycles. The average molecular weight is 278 g/mol. The Morgan fingerprint density at radius 3 is 2.80 bits per heavy atom. The summed E-state index contributed by atoms with van der Waals surface area (Å²) in [5.41, 5.74) is 2.41. The second-order valence-corrected chi connectivity index (χ2v) is 4.31. The molecule has 0 bridgehead atoms. The fraction of sp³-hybridized carbons (Fsp3) is 0.455. The van der Waals surface area contributed by atoms with Gasteiger partial charge in [0, 0.05) is 25.0 Å². The molecule has 2 heterocycles. The van der Waals surface area contributed by atoms with E-state index in [0.717, 1.165) is 12.8 Å². The van der Waals surface area contributed by atoms with E-state index < -0.39 is 0 Å². The maximum absolute atomic E-state index is 8.83. The first-order valence-electron chi connectivity index (χ1n) is 6.31. The lowest BCUT2D eigenvalue weighted by Gasteiger charge is -2.14. The number of imidazole rings is 1. The standard InChI is InChI=1S/C11H18N8O/c1-8(3-2-6-20)14-9-15-10(18-12)17-11(16-9)19-5-4-13-7-19/h4-5,7-8,20H,2-3,6,12H2,1H3,(H2,14,15,16,17,18).